The molecule has 1 N–H and O–H groups in total. The molecule has 1 saturated heterocycles. The van der Waals surface area contributed by atoms with Crippen molar-refractivity contribution in [2.75, 3.05) is 26.7 Å². The zero-order chi connectivity index (χ0) is 14.7. The fraction of sp³-hybridized carbons (Fsp3) is 0.471. The van der Waals surface area contributed by atoms with Gasteiger partial charge in [0, 0.05) is 18.2 Å². The molecule has 1 aliphatic heterocycles. The van der Waals surface area contributed by atoms with Crippen molar-refractivity contribution in [2.45, 2.75) is 19.9 Å². The van der Waals surface area contributed by atoms with Gasteiger partial charge in [0.2, 0.25) is 0 Å². The molecule has 2 aromatic rings. The van der Waals surface area contributed by atoms with Gasteiger partial charge in [0.15, 0.2) is 5.76 Å². The van der Waals surface area contributed by atoms with Gasteiger partial charge in [-0.15, -0.1) is 0 Å². The van der Waals surface area contributed by atoms with E-state index in [-0.39, 0.29) is 0 Å². The summed E-state index contributed by atoms with van der Waals surface area (Å²) in [6, 6.07) is 10.5. The van der Waals surface area contributed by atoms with Gasteiger partial charge in [-0.3, -0.25) is 4.90 Å². The van der Waals surface area contributed by atoms with Gasteiger partial charge in [-0.05, 0) is 39.4 Å². The van der Waals surface area contributed by atoms with Crippen LogP contribution in [0.2, 0.25) is 0 Å². The molecule has 0 bridgehead atoms. The second-order valence-electron chi connectivity index (χ2n) is 5.99. The molecule has 2 heterocycles. The van der Waals surface area contributed by atoms with Crippen molar-refractivity contribution in [1.82, 2.24) is 15.4 Å². The maximum atomic E-state index is 5.50. The largest absolute Gasteiger partial charge is 0.359 e. The Morgan fingerprint density at radius 1 is 1.33 bits per heavy atom. The van der Waals surface area contributed by atoms with E-state index in [4.69, 9.17) is 4.52 Å². The van der Waals surface area contributed by atoms with Crippen LogP contribution in [0.25, 0.3) is 11.3 Å². The lowest BCUT2D eigenvalue weighted by Gasteiger charge is -2.13. The molecular weight excluding hydrogens is 262 g/mol. The van der Waals surface area contributed by atoms with Crippen LogP contribution in [-0.2, 0) is 6.54 Å². The molecule has 1 fully saturated rings. The summed E-state index contributed by atoms with van der Waals surface area (Å²) < 4.78 is 5.50. The fourth-order valence-electron chi connectivity index (χ4n) is 2.98. The summed E-state index contributed by atoms with van der Waals surface area (Å²) in [5, 5.41) is 7.46. The van der Waals surface area contributed by atoms with Crippen molar-refractivity contribution >= 4 is 0 Å². The average molecular weight is 285 g/mol. The van der Waals surface area contributed by atoms with Crippen molar-refractivity contribution in [3.63, 3.8) is 0 Å². The number of aryl methyl sites for hydroxylation is 1. The number of nitrogens with zero attached hydrogens (tertiary/aromatic N) is 2. The summed E-state index contributed by atoms with van der Waals surface area (Å²) in [6.07, 6.45) is 1.26. The molecule has 21 heavy (non-hydrogen) atoms. The Balaban J connectivity index is 1.62. The van der Waals surface area contributed by atoms with Gasteiger partial charge in [-0.1, -0.05) is 35.0 Å². The highest BCUT2D eigenvalue weighted by molar-refractivity contribution is 5.59. The Hall–Kier alpha value is -1.65. The highest BCUT2D eigenvalue weighted by Crippen LogP contribution is 2.22. The van der Waals surface area contributed by atoms with Gasteiger partial charge in [-0.2, -0.15) is 0 Å². The monoisotopic (exact) mass is 285 g/mol. The first-order valence-corrected chi connectivity index (χ1v) is 7.64. The minimum absolute atomic E-state index is 0.759. The van der Waals surface area contributed by atoms with Crippen LogP contribution in [-0.4, -0.2) is 36.7 Å². The number of hydrogen-bond donors (Lipinski definition) is 1. The van der Waals surface area contributed by atoms with E-state index in [9.17, 15) is 0 Å². The van der Waals surface area contributed by atoms with Gasteiger partial charge >= 0.3 is 0 Å². The Bertz CT molecular complexity index is 576. The Morgan fingerprint density at radius 2 is 2.14 bits per heavy atom. The summed E-state index contributed by atoms with van der Waals surface area (Å²) in [5.41, 5.74) is 3.30. The summed E-state index contributed by atoms with van der Waals surface area (Å²) >= 11 is 0. The van der Waals surface area contributed by atoms with E-state index in [1.165, 1.54) is 12.0 Å². The first-order valence-electron chi connectivity index (χ1n) is 7.64. The van der Waals surface area contributed by atoms with Crippen LogP contribution in [0.15, 0.2) is 34.9 Å². The summed E-state index contributed by atoms with van der Waals surface area (Å²) in [4.78, 5) is 2.45. The molecule has 1 aliphatic rings. The number of rotatable bonds is 5. The third kappa shape index (κ3) is 3.52. The lowest BCUT2D eigenvalue weighted by Crippen LogP contribution is -2.24. The van der Waals surface area contributed by atoms with Crippen molar-refractivity contribution in [3.8, 4) is 11.3 Å². The molecule has 0 aliphatic carbocycles. The van der Waals surface area contributed by atoms with Gasteiger partial charge in [0.05, 0.1) is 6.54 Å². The average Bonchev–Trinajstić information content (AvgIpc) is 3.11. The minimum atomic E-state index is 0.759. The number of likely N-dealkylation sites (tertiary alicyclic amines) is 1. The van der Waals surface area contributed by atoms with E-state index >= 15 is 0 Å². The number of aromatic nitrogens is 1. The molecule has 1 aromatic carbocycles. The highest BCUT2D eigenvalue weighted by Gasteiger charge is 2.22. The molecule has 1 aromatic heterocycles. The smallest absolute Gasteiger partial charge is 0.151 e. The maximum absolute atomic E-state index is 5.50. The summed E-state index contributed by atoms with van der Waals surface area (Å²) in [5.74, 6) is 1.71. The van der Waals surface area contributed by atoms with Crippen LogP contribution < -0.4 is 5.32 Å². The highest BCUT2D eigenvalue weighted by atomic mass is 16.5. The van der Waals surface area contributed by atoms with Gasteiger partial charge < -0.3 is 9.84 Å². The van der Waals surface area contributed by atoms with Crippen LogP contribution in [0.4, 0.5) is 0 Å². The topological polar surface area (TPSA) is 41.3 Å². The van der Waals surface area contributed by atoms with Gasteiger partial charge in [0.25, 0.3) is 0 Å². The lowest BCUT2D eigenvalue weighted by atomic mass is 10.1. The van der Waals surface area contributed by atoms with E-state index in [0.717, 1.165) is 49.1 Å². The predicted molar refractivity (Wildman–Crippen MR) is 84.0 cm³/mol. The molecule has 0 amide bonds. The molecule has 0 saturated carbocycles. The predicted octanol–water partition coefficient (Wildman–Crippen LogP) is 2.69. The Labute approximate surface area is 126 Å². The lowest BCUT2D eigenvalue weighted by molar-refractivity contribution is 0.266. The zero-order valence-electron chi connectivity index (χ0n) is 12.8. The fourth-order valence-corrected chi connectivity index (χ4v) is 2.98. The molecular formula is C17H23N3O. The third-order valence-corrected chi connectivity index (χ3v) is 4.15. The second kappa shape index (κ2) is 6.41. The molecule has 4 heteroatoms. The number of hydrogen-bond acceptors (Lipinski definition) is 4. The van der Waals surface area contributed by atoms with Crippen molar-refractivity contribution in [1.29, 1.82) is 0 Å². The van der Waals surface area contributed by atoms with Crippen molar-refractivity contribution in [2.24, 2.45) is 5.92 Å². The quantitative estimate of drug-likeness (QED) is 0.917. The number of nitrogens with one attached hydrogen (secondary N) is 1. The normalized spacial score (nSPS) is 19.2. The van der Waals surface area contributed by atoms with E-state index in [1.807, 2.05) is 7.05 Å². The molecule has 0 radical (unpaired) electrons. The van der Waals surface area contributed by atoms with Crippen molar-refractivity contribution < 1.29 is 4.52 Å². The zero-order valence-corrected chi connectivity index (χ0v) is 12.8. The van der Waals surface area contributed by atoms with E-state index in [1.54, 1.807) is 0 Å². The van der Waals surface area contributed by atoms with E-state index < -0.39 is 0 Å². The third-order valence-electron chi connectivity index (χ3n) is 4.15. The van der Waals surface area contributed by atoms with Gasteiger partial charge in [-0.25, -0.2) is 0 Å². The maximum Gasteiger partial charge on any atom is 0.151 e. The Morgan fingerprint density at radius 3 is 2.90 bits per heavy atom. The van der Waals surface area contributed by atoms with E-state index in [0.29, 0.717) is 0 Å². The second-order valence-corrected chi connectivity index (χ2v) is 5.99. The molecule has 112 valence electrons. The van der Waals surface area contributed by atoms with Crippen LogP contribution in [0.5, 0.6) is 0 Å². The molecule has 1 atom stereocenters. The molecule has 4 nitrogen and oxygen atoms in total. The first kappa shape index (κ1) is 14.3. The standard InChI is InChI=1S/C17H23N3O/c1-13-3-5-15(6-4-13)17-9-16(21-19-17)12-20-8-7-14(11-20)10-18-2/h3-6,9,14,18H,7-8,10-12H2,1-2H3. The molecule has 3 rings (SSSR count). The molecule has 1 unspecified atom stereocenters. The van der Waals surface area contributed by atoms with Crippen molar-refractivity contribution in [3.05, 3.63) is 41.7 Å². The van der Waals surface area contributed by atoms with Crippen LogP contribution in [0, 0.1) is 12.8 Å². The number of benzene rings is 1. The van der Waals surface area contributed by atoms with E-state index in [2.05, 4.69) is 52.6 Å². The molecule has 0 spiro atoms. The minimum Gasteiger partial charge on any atom is -0.359 e. The van der Waals surface area contributed by atoms with Crippen LogP contribution in [0.3, 0.4) is 0 Å². The summed E-state index contributed by atoms with van der Waals surface area (Å²) in [6.45, 7) is 6.34. The van der Waals surface area contributed by atoms with Crippen LogP contribution >= 0.6 is 0 Å². The Kier molecular flexibility index (Phi) is 4.36. The van der Waals surface area contributed by atoms with Gasteiger partial charge in [0.1, 0.15) is 5.69 Å². The SMILES string of the molecule is CNCC1CCN(Cc2cc(-c3ccc(C)cc3)no2)C1. The first-order chi connectivity index (χ1) is 10.2. The van der Waals surface area contributed by atoms with Crippen LogP contribution in [0.1, 0.15) is 17.7 Å². The summed E-state index contributed by atoms with van der Waals surface area (Å²) in [7, 11) is 2.02.